The van der Waals surface area contributed by atoms with E-state index in [1.54, 1.807) is 0 Å². The van der Waals surface area contributed by atoms with Gasteiger partial charge in [-0.05, 0) is 38.1 Å². The Labute approximate surface area is 107 Å². The van der Waals surface area contributed by atoms with E-state index in [1.165, 1.54) is 57.8 Å². The number of rotatable bonds is 5. The minimum Gasteiger partial charge on any atom is -0.377 e. The van der Waals surface area contributed by atoms with Crippen molar-refractivity contribution < 1.29 is 4.74 Å². The number of nitrogens with one attached hydrogen (secondary N) is 1. The zero-order chi connectivity index (χ0) is 11.9. The molecule has 1 aliphatic heterocycles. The zero-order valence-electron chi connectivity index (χ0n) is 11.4. The van der Waals surface area contributed by atoms with E-state index in [9.17, 15) is 0 Å². The molecule has 1 saturated heterocycles. The Morgan fingerprint density at radius 1 is 1.06 bits per heavy atom. The second kappa shape index (κ2) is 7.38. The number of likely N-dealkylation sites (N-methyl/N-ethyl adjacent to an activating group) is 1. The van der Waals surface area contributed by atoms with Crippen LogP contribution in [0.3, 0.4) is 0 Å². The number of ether oxygens (including phenoxy) is 1. The van der Waals surface area contributed by atoms with Crippen molar-refractivity contribution in [1.82, 2.24) is 5.32 Å². The van der Waals surface area contributed by atoms with Crippen LogP contribution in [0.15, 0.2) is 0 Å². The molecule has 2 rings (SSSR count). The van der Waals surface area contributed by atoms with E-state index in [4.69, 9.17) is 4.74 Å². The first kappa shape index (κ1) is 13.4. The lowest BCUT2D eigenvalue weighted by molar-refractivity contribution is -0.0134. The molecular formula is C15H29NO. The molecule has 2 fully saturated rings. The summed E-state index contributed by atoms with van der Waals surface area (Å²) in [6.07, 6.45) is 13.0. The van der Waals surface area contributed by atoms with E-state index in [0.29, 0.717) is 12.1 Å². The highest BCUT2D eigenvalue weighted by Gasteiger charge is 2.27. The molecule has 0 bridgehead atoms. The summed E-state index contributed by atoms with van der Waals surface area (Å²) in [5.74, 6) is 0.957. The molecule has 100 valence electrons. The van der Waals surface area contributed by atoms with Crippen LogP contribution in [0.2, 0.25) is 0 Å². The Balaban J connectivity index is 1.81. The average molecular weight is 239 g/mol. The molecular weight excluding hydrogens is 210 g/mol. The van der Waals surface area contributed by atoms with Crippen LogP contribution < -0.4 is 5.32 Å². The van der Waals surface area contributed by atoms with Crippen LogP contribution >= 0.6 is 0 Å². The van der Waals surface area contributed by atoms with Crippen LogP contribution in [0, 0.1) is 5.92 Å². The predicted molar refractivity (Wildman–Crippen MR) is 72.2 cm³/mol. The molecule has 2 unspecified atom stereocenters. The summed E-state index contributed by atoms with van der Waals surface area (Å²) in [7, 11) is 0. The maximum Gasteiger partial charge on any atom is 0.0728 e. The number of hydrogen-bond acceptors (Lipinski definition) is 2. The molecule has 2 aliphatic rings. The van der Waals surface area contributed by atoms with Crippen molar-refractivity contribution >= 4 is 0 Å². The van der Waals surface area contributed by atoms with Crippen molar-refractivity contribution in [1.29, 1.82) is 0 Å². The van der Waals surface area contributed by atoms with Gasteiger partial charge in [0.15, 0.2) is 0 Å². The topological polar surface area (TPSA) is 21.3 Å². The Kier molecular flexibility index (Phi) is 5.79. The first-order chi connectivity index (χ1) is 8.40. The molecule has 2 nitrogen and oxygen atoms in total. The van der Waals surface area contributed by atoms with Crippen LogP contribution in [-0.2, 0) is 4.74 Å². The van der Waals surface area contributed by atoms with Gasteiger partial charge in [-0.15, -0.1) is 0 Å². The van der Waals surface area contributed by atoms with Gasteiger partial charge in [0.25, 0.3) is 0 Å². The van der Waals surface area contributed by atoms with Gasteiger partial charge in [-0.25, -0.2) is 0 Å². The van der Waals surface area contributed by atoms with E-state index < -0.39 is 0 Å². The monoisotopic (exact) mass is 239 g/mol. The SMILES string of the molecule is CCNC(CC1CCCCC1)C1CCCCO1. The van der Waals surface area contributed by atoms with Crippen LogP contribution in [-0.4, -0.2) is 25.3 Å². The van der Waals surface area contributed by atoms with Gasteiger partial charge in [0.1, 0.15) is 0 Å². The zero-order valence-corrected chi connectivity index (χ0v) is 11.4. The molecule has 0 aromatic rings. The Morgan fingerprint density at radius 2 is 1.82 bits per heavy atom. The molecule has 2 atom stereocenters. The Morgan fingerprint density at radius 3 is 2.47 bits per heavy atom. The first-order valence-electron chi connectivity index (χ1n) is 7.75. The van der Waals surface area contributed by atoms with E-state index >= 15 is 0 Å². The third-order valence-electron chi connectivity index (χ3n) is 4.44. The highest BCUT2D eigenvalue weighted by molar-refractivity contribution is 4.82. The summed E-state index contributed by atoms with van der Waals surface area (Å²) in [6.45, 7) is 4.28. The van der Waals surface area contributed by atoms with E-state index in [0.717, 1.165) is 19.1 Å². The summed E-state index contributed by atoms with van der Waals surface area (Å²) in [5, 5.41) is 3.67. The van der Waals surface area contributed by atoms with Crippen LogP contribution in [0.4, 0.5) is 0 Å². The molecule has 1 saturated carbocycles. The Hall–Kier alpha value is -0.0800. The summed E-state index contributed by atoms with van der Waals surface area (Å²) in [6, 6.07) is 0.614. The predicted octanol–water partition coefficient (Wildman–Crippen LogP) is 3.50. The van der Waals surface area contributed by atoms with Gasteiger partial charge < -0.3 is 10.1 Å². The minimum absolute atomic E-state index is 0.491. The fraction of sp³-hybridized carbons (Fsp3) is 1.00. The molecule has 1 heterocycles. The molecule has 0 radical (unpaired) electrons. The van der Waals surface area contributed by atoms with Gasteiger partial charge in [-0.3, -0.25) is 0 Å². The molecule has 0 aromatic carbocycles. The standard InChI is InChI=1S/C15H29NO/c1-2-16-14(15-10-6-7-11-17-15)12-13-8-4-3-5-9-13/h13-16H,2-12H2,1H3. The highest BCUT2D eigenvalue weighted by Crippen LogP contribution is 2.29. The molecule has 0 amide bonds. The summed E-state index contributed by atoms with van der Waals surface area (Å²) in [4.78, 5) is 0. The largest absolute Gasteiger partial charge is 0.377 e. The third kappa shape index (κ3) is 4.26. The van der Waals surface area contributed by atoms with Crippen LogP contribution in [0.5, 0.6) is 0 Å². The molecule has 0 aromatic heterocycles. The van der Waals surface area contributed by atoms with E-state index in [-0.39, 0.29) is 0 Å². The van der Waals surface area contributed by atoms with Crippen LogP contribution in [0.25, 0.3) is 0 Å². The fourth-order valence-electron chi connectivity index (χ4n) is 3.49. The van der Waals surface area contributed by atoms with Crippen molar-refractivity contribution in [3.8, 4) is 0 Å². The lowest BCUT2D eigenvalue weighted by Crippen LogP contribution is -2.44. The lowest BCUT2D eigenvalue weighted by Gasteiger charge is -2.34. The average Bonchev–Trinajstić information content (AvgIpc) is 2.40. The number of hydrogen-bond donors (Lipinski definition) is 1. The van der Waals surface area contributed by atoms with Gasteiger partial charge >= 0.3 is 0 Å². The smallest absolute Gasteiger partial charge is 0.0728 e. The normalized spacial score (nSPS) is 29.1. The van der Waals surface area contributed by atoms with Crippen LogP contribution in [0.1, 0.15) is 64.7 Å². The minimum atomic E-state index is 0.491. The maximum absolute atomic E-state index is 5.97. The van der Waals surface area contributed by atoms with Crippen molar-refractivity contribution in [3.05, 3.63) is 0 Å². The molecule has 1 aliphatic carbocycles. The van der Waals surface area contributed by atoms with Crippen molar-refractivity contribution in [2.75, 3.05) is 13.2 Å². The van der Waals surface area contributed by atoms with Gasteiger partial charge in [-0.1, -0.05) is 39.0 Å². The summed E-state index contributed by atoms with van der Waals surface area (Å²) >= 11 is 0. The van der Waals surface area contributed by atoms with Gasteiger partial charge in [0, 0.05) is 12.6 Å². The van der Waals surface area contributed by atoms with E-state index in [1.807, 2.05) is 0 Å². The van der Waals surface area contributed by atoms with Crippen molar-refractivity contribution in [2.45, 2.75) is 76.9 Å². The second-order valence-corrected chi connectivity index (χ2v) is 5.81. The van der Waals surface area contributed by atoms with Crippen molar-refractivity contribution in [2.24, 2.45) is 5.92 Å². The Bertz CT molecular complexity index is 195. The third-order valence-corrected chi connectivity index (χ3v) is 4.44. The van der Waals surface area contributed by atoms with E-state index in [2.05, 4.69) is 12.2 Å². The van der Waals surface area contributed by atoms with Gasteiger partial charge in [0.05, 0.1) is 6.10 Å². The maximum atomic E-state index is 5.97. The van der Waals surface area contributed by atoms with Gasteiger partial charge in [0.2, 0.25) is 0 Å². The summed E-state index contributed by atoms with van der Waals surface area (Å²) < 4.78 is 5.97. The van der Waals surface area contributed by atoms with Crippen molar-refractivity contribution in [3.63, 3.8) is 0 Å². The fourth-order valence-corrected chi connectivity index (χ4v) is 3.49. The summed E-state index contributed by atoms with van der Waals surface area (Å²) in [5.41, 5.74) is 0. The highest BCUT2D eigenvalue weighted by atomic mass is 16.5. The quantitative estimate of drug-likeness (QED) is 0.793. The molecule has 1 N–H and O–H groups in total. The molecule has 0 spiro atoms. The molecule has 17 heavy (non-hydrogen) atoms. The second-order valence-electron chi connectivity index (χ2n) is 5.81. The van der Waals surface area contributed by atoms with Gasteiger partial charge in [-0.2, -0.15) is 0 Å². The first-order valence-corrected chi connectivity index (χ1v) is 7.75. The molecule has 2 heteroatoms. The lowest BCUT2D eigenvalue weighted by atomic mass is 9.83.